The number of rotatable bonds is 4. The molecule has 0 spiro atoms. The third kappa shape index (κ3) is 4.40. The standard InChI is InChI=1S/C14H20O9/c1-6(15)18-5-10-11(19-7(2)16)12(20-8(3)17)13-14(23-10)22-9(4)21-13/h9-14H,5H2,1-4H3/t9?,10-,11-,12+,13+,14-/m1/s1. The van der Waals surface area contributed by atoms with Gasteiger partial charge in [-0.25, -0.2) is 0 Å². The van der Waals surface area contributed by atoms with Gasteiger partial charge in [0.1, 0.15) is 12.7 Å². The van der Waals surface area contributed by atoms with E-state index in [0.29, 0.717) is 0 Å². The molecule has 0 aromatic rings. The fourth-order valence-electron chi connectivity index (χ4n) is 2.57. The van der Waals surface area contributed by atoms with Crippen molar-refractivity contribution in [2.24, 2.45) is 0 Å². The maximum absolute atomic E-state index is 11.4. The summed E-state index contributed by atoms with van der Waals surface area (Å²) in [5, 5.41) is 0. The molecule has 0 bridgehead atoms. The van der Waals surface area contributed by atoms with Crippen LogP contribution in [0, 0.1) is 0 Å². The van der Waals surface area contributed by atoms with Crippen molar-refractivity contribution in [3.63, 3.8) is 0 Å². The first-order valence-corrected chi connectivity index (χ1v) is 7.22. The molecule has 2 fully saturated rings. The van der Waals surface area contributed by atoms with Crippen LogP contribution >= 0.6 is 0 Å². The molecular weight excluding hydrogens is 312 g/mol. The highest BCUT2D eigenvalue weighted by molar-refractivity contribution is 5.67. The molecule has 2 heterocycles. The molecule has 1 unspecified atom stereocenters. The largest absolute Gasteiger partial charge is 0.463 e. The molecule has 23 heavy (non-hydrogen) atoms. The monoisotopic (exact) mass is 332 g/mol. The van der Waals surface area contributed by atoms with Gasteiger partial charge in [-0.2, -0.15) is 0 Å². The van der Waals surface area contributed by atoms with Crippen molar-refractivity contribution in [3.8, 4) is 0 Å². The summed E-state index contributed by atoms with van der Waals surface area (Å²) in [4.78, 5) is 33.8. The van der Waals surface area contributed by atoms with Gasteiger partial charge in [-0.05, 0) is 6.92 Å². The van der Waals surface area contributed by atoms with Crippen LogP contribution in [0.2, 0.25) is 0 Å². The van der Waals surface area contributed by atoms with Crippen LogP contribution in [0.25, 0.3) is 0 Å². The van der Waals surface area contributed by atoms with Crippen LogP contribution in [0.3, 0.4) is 0 Å². The van der Waals surface area contributed by atoms with Gasteiger partial charge < -0.3 is 28.4 Å². The molecule has 0 aromatic heterocycles. The van der Waals surface area contributed by atoms with E-state index in [-0.39, 0.29) is 6.61 Å². The number of fused-ring (bicyclic) bond motifs is 1. The highest BCUT2D eigenvalue weighted by atomic mass is 16.8. The summed E-state index contributed by atoms with van der Waals surface area (Å²) in [6.45, 7) is 5.18. The lowest BCUT2D eigenvalue weighted by molar-refractivity contribution is -0.264. The van der Waals surface area contributed by atoms with Crippen molar-refractivity contribution in [2.45, 2.75) is 64.7 Å². The molecule has 0 amide bonds. The van der Waals surface area contributed by atoms with Crippen LogP contribution in [0.5, 0.6) is 0 Å². The molecule has 0 saturated carbocycles. The van der Waals surface area contributed by atoms with Crippen molar-refractivity contribution < 1.29 is 42.8 Å². The Labute approximate surface area is 133 Å². The Morgan fingerprint density at radius 3 is 2.04 bits per heavy atom. The van der Waals surface area contributed by atoms with Gasteiger partial charge in [0.15, 0.2) is 30.9 Å². The van der Waals surface area contributed by atoms with E-state index in [2.05, 4.69) is 0 Å². The minimum Gasteiger partial charge on any atom is -0.463 e. The minimum atomic E-state index is -0.981. The molecular formula is C14H20O9. The summed E-state index contributed by atoms with van der Waals surface area (Å²) in [7, 11) is 0. The number of carbonyl (C=O) groups excluding carboxylic acids is 3. The molecule has 9 heteroatoms. The fraction of sp³-hybridized carbons (Fsp3) is 0.786. The third-order valence-electron chi connectivity index (χ3n) is 3.32. The second-order valence-electron chi connectivity index (χ2n) is 5.30. The van der Waals surface area contributed by atoms with E-state index in [9.17, 15) is 14.4 Å². The van der Waals surface area contributed by atoms with Gasteiger partial charge in [0.2, 0.25) is 0 Å². The van der Waals surface area contributed by atoms with Gasteiger partial charge in [-0.3, -0.25) is 14.4 Å². The van der Waals surface area contributed by atoms with E-state index >= 15 is 0 Å². The van der Waals surface area contributed by atoms with E-state index < -0.39 is 54.9 Å². The Bertz CT molecular complexity index is 477. The number of hydrogen-bond donors (Lipinski definition) is 0. The van der Waals surface area contributed by atoms with Crippen molar-refractivity contribution in [1.82, 2.24) is 0 Å². The minimum absolute atomic E-state index is 0.175. The lowest BCUT2D eigenvalue weighted by atomic mass is 9.98. The maximum atomic E-state index is 11.4. The number of ether oxygens (including phenoxy) is 6. The quantitative estimate of drug-likeness (QED) is 0.515. The molecule has 9 nitrogen and oxygen atoms in total. The van der Waals surface area contributed by atoms with E-state index in [1.807, 2.05) is 0 Å². The fourth-order valence-corrected chi connectivity index (χ4v) is 2.57. The summed E-state index contributed by atoms with van der Waals surface area (Å²) in [5.41, 5.74) is 0. The van der Waals surface area contributed by atoms with Crippen LogP contribution in [0.1, 0.15) is 27.7 Å². The van der Waals surface area contributed by atoms with Crippen molar-refractivity contribution >= 4 is 17.9 Å². The number of hydrogen-bond acceptors (Lipinski definition) is 9. The Hall–Kier alpha value is -1.71. The van der Waals surface area contributed by atoms with Gasteiger partial charge in [-0.15, -0.1) is 0 Å². The maximum Gasteiger partial charge on any atom is 0.303 e. The molecule has 0 radical (unpaired) electrons. The van der Waals surface area contributed by atoms with E-state index in [1.54, 1.807) is 6.92 Å². The summed E-state index contributed by atoms with van der Waals surface area (Å²) in [6, 6.07) is 0. The SMILES string of the molecule is CC(=O)OC[C@H]1O[C@H]2OC(C)O[C@H]2[C@@H](OC(C)=O)[C@@H]1OC(C)=O. The number of carbonyl (C=O) groups is 3. The van der Waals surface area contributed by atoms with E-state index in [1.165, 1.54) is 20.8 Å². The Balaban J connectivity index is 2.23. The lowest BCUT2D eigenvalue weighted by Crippen LogP contribution is -2.60. The van der Waals surface area contributed by atoms with E-state index in [4.69, 9.17) is 28.4 Å². The lowest BCUT2D eigenvalue weighted by Gasteiger charge is -2.40. The van der Waals surface area contributed by atoms with Gasteiger partial charge in [0.25, 0.3) is 0 Å². The van der Waals surface area contributed by atoms with Crippen LogP contribution < -0.4 is 0 Å². The number of esters is 3. The average molecular weight is 332 g/mol. The molecule has 2 aliphatic heterocycles. The molecule has 0 aromatic carbocycles. The van der Waals surface area contributed by atoms with Crippen molar-refractivity contribution in [3.05, 3.63) is 0 Å². The van der Waals surface area contributed by atoms with Gasteiger partial charge in [0, 0.05) is 20.8 Å². The Kier molecular flexibility index (Phi) is 5.55. The first-order valence-electron chi connectivity index (χ1n) is 7.22. The second-order valence-corrected chi connectivity index (χ2v) is 5.30. The van der Waals surface area contributed by atoms with Gasteiger partial charge in [0.05, 0.1) is 0 Å². The van der Waals surface area contributed by atoms with Gasteiger partial charge in [-0.1, -0.05) is 0 Å². The van der Waals surface area contributed by atoms with Crippen LogP contribution in [-0.2, 0) is 42.8 Å². The Morgan fingerprint density at radius 1 is 0.870 bits per heavy atom. The predicted molar refractivity (Wildman–Crippen MR) is 71.8 cm³/mol. The first kappa shape index (κ1) is 17.6. The average Bonchev–Trinajstić information content (AvgIpc) is 2.78. The van der Waals surface area contributed by atoms with Crippen molar-refractivity contribution in [2.75, 3.05) is 6.61 Å². The molecule has 2 saturated heterocycles. The summed E-state index contributed by atoms with van der Waals surface area (Å²) in [6.07, 6.45) is -4.89. The van der Waals surface area contributed by atoms with E-state index in [0.717, 1.165) is 0 Å². The van der Waals surface area contributed by atoms with Gasteiger partial charge >= 0.3 is 17.9 Å². The zero-order chi connectivity index (χ0) is 17.1. The predicted octanol–water partition coefficient (Wildman–Crippen LogP) is -0.101. The van der Waals surface area contributed by atoms with Crippen molar-refractivity contribution in [1.29, 1.82) is 0 Å². The van der Waals surface area contributed by atoms with Crippen LogP contribution in [-0.4, -0.2) is 61.5 Å². The molecule has 130 valence electrons. The molecule has 2 rings (SSSR count). The summed E-state index contributed by atoms with van der Waals surface area (Å²) >= 11 is 0. The highest BCUT2D eigenvalue weighted by Gasteiger charge is 2.55. The summed E-state index contributed by atoms with van der Waals surface area (Å²) in [5.74, 6) is -1.67. The van der Waals surface area contributed by atoms with Crippen LogP contribution in [0.15, 0.2) is 0 Å². The molecule has 2 aliphatic rings. The zero-order valence-corrected chi connectivity index (χ0v) is 13.3. The highest BCUT2D eigenvalue weighted by Crippen LogP contribution is 2.34. The Morgan fingerprint density at radius 2 is 1.48 bits per heavy atom. The molecule has 6 atom stereocenters. The molecule has 0 N–H and O–H groups in total. The smallest absolute Gasteiger partial charge is 0.303 e. The third-order valence-corrected chi connectivity index (χ3v) is 3.32. The van der Waals surface area contributed by atoms with Crippen LogP contribution in [0.4, 0.5) is 0 Å². The normalized spacial score (nSPS) is 36.0. The first-order chi connectivity index (χ1) is 10.8. The zero-order valence-electron chi connectivity index (χ0n) is 13.3. The summed E-state index contributed by atoms with van der Waals surface area (Å²) < 4.78 is 32.1. The topological polar surface area (TPSA) is 107 Å². The molecule has 0 aliphatic carbocycles. The second kappa shape index (κ2) is 7.24.